The van der Waals surface area contributed by atoms with Gasteiger partial charge in [-0.1, -0.05) is 31.9 Å². The first-order valence-electron chi connectivity index (χ1n) is 7.62. The number of hydrogen-bond donors (Lipinski definition) is 1. The minimum Gasteiger partial charge on any atom is -0.382 e. The van der Waals surface area contributed by atoms with Gasteiger partial charge in [0.1, 0.15) is 0 Å². The van der Waals surface area contributed by atoms with Gasteiger partial charge in [-0.3, -0.25) is 4.68 Å². The van der Waals surface area contributed by atoms with Crippen LogP contribution in [0.3, 0.4) is 0 Å². The van der Waals surface area contributed by atoms with E-state index >= 15 is 0 Å². The molecule has 2 aromatic rings. The molecule has 106 valence electrons. The molecular formula is C17H23N3. The summed E-state index contributed by atoms with van der Waals surface area (Å²) >= 11 is 0. The average molecular weight is 269 g/mol. The van der Waals surface area contributed by atoms with Gasteiger partial charge < -0.3 is 5.32 Å². The van der Waals surface area contributed by atoms with Crippen LogP contribution in [0.5, 0.6) is 0 Å². The van der Waals surface area contributed by atoms with Gasteiger partial charge in [-0.05, 0) is 42.5 Å². The van der Waals surface area contributed by atoms with Crippen LogP contribution in [0, 0.1) is 5.92 Å². The highest BCUT2D eigenvalue weighted by atomic mass is 15.3. The van der Waals surface area contributed by atoms with Crippen molar-refractivity contribution in [1.29, 1.82) is 0 Å². The van der Waals surface area contributed by atoms with E-state index in [1.165, 1.54) is 36.9 Å². The lowest BCUT2D eigenvalue weighted by molar-refractivity contribution is 0.358. The molecular weight excluding hydrogens is 246 g/mol. The normalized spacial score (nSPS) is 22.6. The van der Waals surface area contributed by atoms with E-state index in [-0.39, 0.29) is 0 Å². The minimum atomic E-state index is 0.638. The molecule has 2 atom stereocenters. The lowest BCUT2D eigenvalue weighted by Gasteiger charge is -2.28. The van der Waals surface area contributed by atoms with E-state index in [0.717, 1.165) is 12.5 Å². The Morgan fingerprint density at radius 3 is 3.05 bits per heavy atom. The van der Waals surface area contributed by atoms with Crippen molar-refractivity contribution in [1.82, 2.24) is 9.78 Å². The Morgan fingerprint density at radius 1 is 1.30 bits per heavy atom. The van der Waals surface area contributed by atoms with Crippen molar-refractivity contribution in [3.05, 3.63) is 48.3 Å². The predicted molar refractivity (Wildman–Crippen MR) is 82.8 cm³/mol. The quantitative estimate of drug-likeness (QED) is 0.911. The molecule has 1 aliphatic carbocycles. The summed E-state index contributed by atoms with van der Waals surface area (Å²) in [5, 5.41) is 7.96. The molecule has 0 bridgehead atoms. The lowest BCUT2D eigenvalue weighted by atomic mass is 9.87. The topological polar surface area (TPSA) is 29.9 Å². The van der Waals surface area contributed by atoms with E-state index in [2.05, 4.69) is 41.6 Å². The van der Waals surface area contributed by atoms with Crippen molar-refractivity contribution in [2.45, 2.75) is 45.2 Å². The van der Waals surface area contributed by atoms with E-state index in [4.69, 9.17) is 0 Å². The number of aromatic nitrogens is 2. The van der Waals surface area contributed by atoms with Crippen molar-refractivity contribution in [3.63, 3.8) is 0 Å². The maximum atomic E-state index is 4.26. The van der Waals surface area contributed by atoms with Crippen molar-refractivity contribution in [2.75, 3.05) is 5.32 Å². The third-order valence-corrected chi connectivity index (χ3v) is 4.14. The highest BCUT2D eigenvalue weighted by molar-refractivity contribution is 5.46. The number of hydrogen-bond acceptors (Lipinski definition) is 2. The Bertz CT molecular complexity index is 533. The third kappa shape index (κ3) is 3.41. The van der Waals surface area contributed by atoms with Gasteiger partial charge in [0.05, 0.1) is 6.54 Å². The lowest BCUT2D eigenvalue weighted by Crippen LogP contribution is -2.26. The third-order valence-electron chi connectivity index (χ3n) is 4.14. The van der Waals surface area contributed by atoms with Gasteiger partial charge >= 0.3 is 0 Å². The first-order chi connectivity index (χ1) is 9.79. The van der Waals surface area contributed by atoms with Gasteiger partial charge in [0, 0.05) is 24.1 Å². The van der Waals surface area contributed by atoms with Crippen molar-refractivity contribution >= 4 is 5.69 Å². The highest BCUT2D eigenvalue weighted by Gasteiger charge is 2.18. The zero-order chi connectivity index (χ0) is 13.8. The van der Waals surface area contributed by atoms with E-state index in [9.17, 15) is 0 Å². The first-order valence-corrected chi connectivity index (χ1v) is 7.62. The predicted octanol–water partition coefficient (Wildman–Crippen LogP) is 3.92. The number of benzene rings is 1. The summed E-state index contributed by atoms with van der Waals surface area (Å²) in [5.74, 6) is 0.855. The van der Waals surface area contributed by atoms with Crippen molar-refractivity contribution < 1.29 is 0 Å². The number of nitrogens with zero attached hydrogens (tertiary/aromatic N) is 2. The van der Waals surface area contributed by atoms with Crippen LogP contribution in [0.1, 0.15) is 38.2 Å². The van der Waals surface area contributed by atoms with Crippen LogP contribution < -0.4 is 5.32 Å². The van der Waals surface area contributed by atoms with E-state index < -0.39 is 0 Å². The summed E-state index contributed by atoms with van der Waals surface area (Å²) < 4.78 is 1.96. The molecule has 0 amide bonds. The van der Waals surface area contributed by atoms with Crippen LogP contribution in [-0.2, 0) is 6.54 Å². The Morgan fingerprint density at radius 2 is 2.25 bits per heavy atom. The molecule has 20 heavy (non-hydrogen) atoms. The maximum Gasteiger partial charge on any atom is 0.0660 e. The number of anilines is 1. The molecule has 1 aromatic carbocycles. The summed E-state index contributed by atoms with van der Waals surface area (Å²) in [7, 11) is 0. The molecule has 1 fully saturated rings. The highest BCUT2D eigenvalue weighted by Crippen LogP contribution is 2.26. The molecule has 1 saturated carbocycles. The monoisotopic (exact) mass is 269 g/mol. The Labute approximate surface area is 121 Å². The second-order valence-electron chi connectivity index (χ2n) is 6.02. The standard InChI is InChI=1S/C17H23N3/c1-14-5-2-7-16(11-14)19-17-8-3-6-15(12-17)13-20-10-4-9-18-20/h3-4,6,8-10,12,14,16,19H,2,5,7,11,13H2,1H3. The Balaban J connectivity index is 1.65. The van der Waals surface area contributed by atoms with E-state index in [1.807, 2.05) is 23.1 Å². The average Bonchev–Trinajstić information content (AvgIpc) is 2.92. The van der Waals surface area contributed by atoms with Gasteiger partial charge in [0.15, 0.2) is 0 Å². The zero-order valence-electron chi connectivity index (χ0n) is 12.1. The fourth-order valence-electron chi connectivity index (χ4n) is 3.14. The Kier molecular flexibility index (Phi) is 4.05. The molecule has 2 unspecified atom stereocenters. The van der Waals surface area contributed by atoms with Gasteiger partial charge in [0.25, 0.3) is 0 Å². The van der Waals surface area contributed by atoms with Gasteiger partial charge in [-0.15, -0.1) is 0 Å². The second kappa shape index (κ2) is 6.12. The van der Waals surface area contributed by atoms with Crippen molar-refractivity contribution in [3.8, 4) is 0 Å². The fraction of sp³-hybridized carbons (Fsp3) is 0.471. The molecule has 3 rings (SSSR count). The molecule has 1 aromatic heterocycles. The molecule has 0 radical (unpaired) electrons. The van der Waals surface area contributed by atoms with Crippen LogP contribution in [0.25, 0.3) is 0 Å². The molecule has 1 heterocycles. The summed E-state index contributed by atoms with van der Waals surface area (Å²) in [6.45, 7) is 3.20. The smallest absolute Gasteiger partial charge is 0.0660 e. The molecule has 0 spiro atoms. The molecule has 0 aliphatic heterocycles. The summed E-state index contributed by atoms with van der Waals surface area (Å²) in [6, 6.07) is 11.3. The SMILES string of the molecule is CC1CCCC(Nc2cccc(Cn3cccn3)c2)C1. The first kappa shape index (κ1) is 13.2. The van der Waals surface area contributed by atoms with Crippen LogP contribution in [-0.4, -0.2) is 15.8 Å². The maximum absolute atomic E-state index is 4.26. The molecule has 1 aliphatic rings. The molecule has 3 heteroatoms. The van der Waals surface area contributed by atoms with E-state index in [1.54, 1.807) is 0 Å². The molecule has 1 N–H and O–H groups in total. The summed E-state index contributed by atoms with van der Waals surface area (Å²) in [6.07, 6.45) is 9.16. The minimum absolute atomic E-state index is 0.638. The Hall–Kier alpha value is -1.77. The van der Waals surface area contributed by atoms with Gasteiger partial charge in [0.2, 0.25) is 0 Å². The fourth-order valence-corrected chi connectivity index (χ4v) is 3.14. The van der Waals surface area contributed by atoms with Gasteiger partial charge in [-0.2, -0.15) is 5.10 Å². The van der Waals surface area contributed by atoms with Gasteiger partial charge in [-0.25, -0.2) is 0 Å². The molecule has 3 nitrogen and oxygen atoms in total. The summed E-state index contributed by atoms with van der Waals surface area (Å²) in [4.78, 5) is 0. The van der Waals surface area contributed by atoms with Crippen LogP contribution in [0.2, 0.25) is 0 Å². The van der Waals surface area contributed by atoms with Crippen LogP contribution in [0.15, 0.2) is 42.7 Å². The molecule has 0 saturated heterocycles. The van der Waals surface area contributed by atoms with Crippen molar-refractivity contribution in [2.24, 2.45) is 5.92 Å². The number of nitrogens with one attached hydrogen (secondary N) is 1. The number of rotatable bonds is 4. The summed E-state index contributed by atoms with van der Waals surface area (Å²) in [5.41, 5.74) is 2.54. The largest absolute Gasteiger partial charge is 0.382 e. The van der Waals surface area contributed by atoms with E-state index in [0.29, 0.717) is 6.04 Å². The van der Waals surface area contributed by atoms with Crippen LogP contribution in [0.4, 0.5) is 5.69 Å². The van der Waals surface area contributed by atoms with Crippen LogP contribution >= 0.6 is 0 Å². The zero-order valence-corrected chi connectivity index (χ0v) is 12.1. The second-order valence-corrected chi connectivity index (χ2v) is 6.02.